The highest BCUT2D eigenvalue weighted by molar-refractivity contribution is 7.12. The number of carbonyl (C=O) groups is 2. The van der Waals surface area contributed by atoms with E-state index in [0.29, 0.717) is 16.3 Å². The predicted molar refractivity (Wildman–Crippen MR) is 125 cm³/mol. The van der Waals surface area contributed by atoms with Gasteiger partial charge < -0.3 is 13.7 Å². The molecule has 9 nitrogen and oxygen atoms in total. The largest absolute Gasteiger partial charge is 0.467 e. The van der Waals surface area contributed by atoms with Crippen molar-refractivity contribution in [3.63, 3.8) is 0 Å². The summed E-state index contributed by atoms with van der Waals surface area (Å²) in [4.78, 5) is 48.6. The van der Waals surface area contributed by atoms with Crippen molar-refractivity contribution < 1.29 is 18.7 Å². The van der Waals surface area contributed by atoms with Crippen LogP contribution in [0.2, 0.25) is 0 Å². The smallest absolute Gasteiger partial charge is 0.341 e. The number of pyridine rings is 2. The number of hydrogen-bond acceptors (Lipinski definition) is 7. The van der Waals surface area contributed by atoms with Gasteiger partial charge in [-0.2, -0.15) is 4.99 Å². The summed E-state index contributed by atoms with van der Waals surface area (Å²) in [6, 6.07) is 13.4. The zero-order chi connectivity index (χ0) is 23.7. The molecule has 5 rings (SSSR count). The SMILES string of the molecule is CCOC(=O)c1cc2c(=O)n3ccccc3nc2n(Cc2ccco2)c1=NC(=O)c1cccs1. The number of esters is 1. The van der Waals surface area contributed by atoms with E-state index in [0.717, 1.165) is 0 Å². The van der Waals surface area contributed by atoms with Crippen LogP contribution in [0.15, 0.2) is 80.6 Å². The van der Waals surface area contributed by atoms with E-state index in [9.17, 15) is 14.4 Å². The van der Waals surface area contributed by atoms with Gasteiger partial charge in [0.1, 0.15) is 22.6 Å². The van der Waals surface area contributed by atoms with E-state index in [1.54, 1.807) is 65.5 Å². The second-order valence-electron chi connectivity index (χ2n) is 7.24. The van der Waals surface area contributed by atoms with E-state index in [1.165, 1.54) is 28.1 Å². The molecule has 0 saturated carbocycles. The minimum Gasteiger partial charge on any atom is -0.467 e. The molecule has 5 heterocycles. The van der Waals surface area contributed by atoms with Crippen molar-refractivity contribution in [1.82, 2.24) is 14.0 Å². The van der Waals surface area contributed by atoms with Gasteiger partial charge in [0.25, 0.3) is 11.5 Å². The Morgan fingerprint density at radius 3 is 2.79 bits per heavy atom. The van der Waals surface area contributed by atoms with Gasteiger partial charge in [0.2, 0.25) is 0 Å². The van der Waals surface area contributed by atoms with Gasteiger partial charge in [-0.25, -0.2) is 9.78 Å². The fraction of sp³-hybridized carbons (Fsp3) is 0.125. The van der Waals surface area contributed by atoms with Gasteiger partial charge in [-0.05, 0) is 48.7 Å². The molecular formula is C24H18N4O5S. The fourth-order valence-corrected chi connectivity index (χ4v) is 4.22. The third-order valence-corrected chi connectivity index (χ3v) is 5.98. The molecule has 0 aliphatic carbocycles. The van der Waals surface area contributed by atoms with Crippen LogP contribution in [0, 0.1) is 0 Å². The number of carbonyl (C=O) groups excluding carboxylic acids is 2. The van der Waals surface area contributed by atoms with E-state index in [4.69, 9.17) is 9.15 Å². The van der Waals surface area contributed by atoms with Crippen LogP contribution in [0.25, 0.3) is 16.7 Å². The highest BCUT2D eigenvalue weighted by Crippen LogP contribution is 2.15. The van der Waals surface area contributed by atoms with Crippen molar-refractivity contribution in [2.45, 2.75) is 13.5 Å². The van der Waals surface area contributed by atoms with Crippen LogP contribution in [0.5, 0.6) is 0 Å². The van der Waals surface area contributed by atoms with Crippen molar-refractivity contribution in [1.29, 1.82) is 0 Å². The maximum atomic E-state index is 13.3. The van der Waals surface area contributed by atoms with Crippen LogP contribution in [0.3, 0.4) is 0 Å². The lowest BCUT2D eigenvalue weighted by Crippen LogP contribution is -2.33. The van der Waals surface area contributed by atoms with Crippen LogP contribution in [-0.2, 0) is 11.3 Å². The van der Waals surface area contributed by atoms with Crippen LogP contribution in [0.4, 0.5) is 0 Å². The van der Waals surface area contributed by atoms with Gasteiger partial charge in [-0.15, -0.1) is 11.3 Å². The molecular weight excluding hydrogens is 456 g/mol. The number of thiophene rings is 1. The topological polar surface area (TPSA) is 108 Å². The molecule has 0 atom stereocenters. The molecule has 0 aliphatic heterocycles. The van der Waals surface area contributed by atoms with E-state index in [1.807, 2.05) is 0 Å². The number of rotatable bonds is 5. The second-order valence-corrected chi connectivity index (χ2v) is 8.19. The lowest BCUT2D eigenvalue weighted by molar-refractivity contribution is 0.0523. The quantitative estimate of drug-likeness (QED) is 0.286. The Bertz CT molecular complexity index is 1650. The Labute approximate surface area is 196 Å². The Balaban J connectivity index is 1.91. The molecule has 34 heavy (non-hydrogen) atoms. The van der Waals surface area contributed by atoms with Crippen molar-refractivity contribution in [2.75, 3.05) is 6.61 Å². The molecule has 0 fully saturated rings. The van der Waals surface area contributed by atoms with E-state index in [2.05, 4.69) is 9.98 Å². The lowest BCUT2D eigenvalue weighted by atomic mass is 10.2. The van der Waals surface area contributed by atoms with Gasteiger partial charge in [0.05, 0.1) is 29.7 Å². The summed E-state index contributed by atoms with van der Waals surface area (Å²) in [5.74, 6) is -0.694. The molecule has 170 valence electrons. The van der Waals surface area contributed by atoms with Crippen molar-refractivity contribution in [3.05, 3.63) is 98.4 Å². The van der Waals surface area contributed by atoms with Crippen LogP contribution in [0.1, 0.15) is 32.7 Å². The third-order valence-electron chi connectivity index (χ3n) is 5.12. The van der Waals surface area contributed by atoms with Crippen molar-refractivity contribution in [3.8, 4) is 0 Å². The summed E-state index contributed by atoms with van der Waals surface area (Å²) in [5, 5.41) is 1.95. The molecule has 0 saturated heterocycles. The molecule has 0 radical (unpaired) electrons. The summed E-state index contributed by atoms with van der Waals surface area (Å²) < 4.78 is 13.7. The molecule has 5 aromatic heterocycles. The Morgan fingerprint density at radius 1 is 1.18 bits per heavy atom. The standard InChI is InChI=1S/C24H18N4O5S/c1-2-32-24(31)17-13-16-20(25-19-9-3-4-10-27(19)23(16)30)28(14-15-7-5-11-33-15)21(17)26-22(29)18-8-6-12-34-18/h3-13H,2,14H2,1H3. The molecule has 0 aliphatic rings. The highest BCUT2D eigenvalue weighted by atomic mass is 32.1. The highest BCUT2D eigenvalue weighted by Gasteiger charge is 2.21. The maximum absolute atomic E-state index is 13.3. The average molecular weight is 474 g/mol. The first-order valence-corrected chi connectivity index (χ1v) is 11.3. The van der Waals surface area contributed by atoms with E-state index >= 15 is 0 Å². The number of amides is 1. The maximum Gasteiger partial charge on any atom is 0.341 e. The number of nitrogens with zero attached hydrogens (tertiary/aromatic N) is 4. The number of fused-ring (bicyclic) bond motifs is 2. The number of hydrogen-bond donors (Lipinski definition) is 0. The second kappa shape index (κ2) is 8.91. The zero-order valence-corrected chi connectivity index (χ0v) is 18.8. The summed E-state index contributed by atoms with van der Waals surface area (Å²) in [6.07, 6.45) is 3.11. The van der Waals surface area contributed by atoms with E-state index < -0.39 is 11.9 Å². The fourth-order valence-electron chi connectivity index (χ4n) is 3.62. The molecule has 0 N–H and O–H groups in total. The minimum atomic E-state index is -0.701. The van der Waals surface area contributed by atoms with Crippen molar-refractivity contribution >= 4 is 39.9 Å². The van der Waals surface area contributed by atoms with E-state index in [-0.39, 0.29) is 40.8 Å². The lowest BCUT2D eigenvalue weighted by Gasteiger charge is -2.14. The number of furan rings is 1. The Morgan fingerprint density at radius 2 is 2.06 bits per heavy atom. The molecule has 0 aromatic carbocycles. The minimum absolute atomic E-state index is 0.0133. The van der Waals surface area contributed by atoms with Gasteiger partial charge in [-0.3, -0.25) is 14.0 Å². The molecule has 0 unspecified atom stereocenters. The van der Waals surface area contributed by atoms with Crippen LogP contribution >= 0.6 is 11.3 Å². The zero-order valence-electron chi connectivity index (χ0n) is 18.0. The monoisotopic (exact) mass is 474 g/mol. The van der Waals surface area contributed by atoms with Gasteiger partial charge in [0.15, 0.2) is 5.49 Å². The summed E-state index contributed by atoms with van der Waals surface area (Å²) in [5.41, 5.74) is 0.329. The third kappa shape index (κ3) is 3.84. The summed E-state index contributed by atoms with van der Waals surface area (Å²) in [7, 11) is 0. The van der Waals surface area contributed by atoms with Crippen LogP contribution in [-0.4, -0.2) is 32.4 Å². The molecule has 0 spiro atoms. The average Bonchev–Trinajstić information content (AvgIpc) is 3.55. The molecule has 5 aromatic rings. The summed E-state index contributed by atoms with van der Waals surface area (Å²) in [6.45, 7) is 1.87. The Hall–Kier alpha value is -4.31. The number of aromatic nitrogens is 3. The Kier molecular flexibility index (Phi) is 5.64. The first-order valence-electron chi connectivity index (χ1n) is 10.4. The molecule has 0 bridgehead atoms. The van der Waals surface area contributed by atoms with Gasteiger partial charge in [0, 0.05) is 6.20 Å². The van der Waals surface area contributed by atoms with Crippen LogP contribution < -0.4 is 11.0 Å². The predicted octanol–water partition coefficient (Wildman–Crippen LogP) is 3.27. The summed E-state index contributed by atoms with van der Waals surface area (Å²) >= 11 is 1.24. The van der Waals surface area contributed by atoms with Gasteiger partial charge in [-0.1, -0.05) is 12.1 Å². The number of ether oxygens (including phenoxy) is 1. The first kappa shape index (κ1) is 21.5. The van der Waals surface area contributed by atoms with Gasteiger partial charge >= 0.3 is 5.97 Å². The molecule has 1 amide bonds. The molecule has 10 heteroatoms. The normalized spacial score (nSPS) is 11.9. The first-order chi connectivity index (χ1) is 16.6. The van der Waals surface area contributed by atoms with Crippen molar-refractivity contribution in [2.24, 2.45) is 4.99 Å².